The molecule has 3 aromatic heterocycles. The predicted octanol–water partition coefficient (Wildman–Crippen LogP) is 4.67. The van der Waals surface area contributed by atoms with Gasteiger partial charge in [0.25, 0.3) is 5.91 Å². The molecule has 6 nitrogen and oxygen atoms in total. The molecule has 0 radical (unpaired) electrons. The SMILES string of the molecule is C=CN(Cc1cccc(-c2c[nH]c3ncccc23)c1)c1ncccc1C(=O)NC1CC1. The normalized spacial score (nSPS) is 13.2. The van der Waals surface area contributed by atoms with Crippen LogP contribution in [0.5, 0.6) is 0 Å². The molecule has 1 amide bonds. The zero-order valence-electron chi connectivity index (χ0n) is 17.1. The summed E-state index contributed by atoms with van der Waals surface area (Å²) < 4.78 is 0. The molecule has 31 heavy (non-hydrogen) atoms. The second kappa shape index (κ2) is 8.07. The Bertz CT molecular complexity index is 1260. The maximum atomic E-state index is 12.7. The molecule has 5 rings (SSSR count). The third kappa shape index (κ3) is 3.92. The van der Waals surface area contributed by atoms with Crippen molar-refractivity contribution in [3.05, 3.63) is 91.0 Å². The Balaban J connectivity index is 1.44. The number of hydrogen-bond acceptors (Lipinski definition) is 4. The van der Waals surface area contributed by atoms with E-state index in [1.54, 1.807) is 24.7 Å². The van der Waals surface area contributed by atoms with Gasteiger partial charge >= 0.3 is 0 Å². The Kier molecular flexibility index (Phi) is 4.96. The number of carbonyl (C=O) groups is 1. The Morgan fingerprint density at radius 1 is 1.16 bits per heavy atom. The Labute approximate surface area is 180 Å². The highest BCUT2D eigenvalue weighted by atomic mass is 16.1. The summed E-state index contributed by atoms with van der Waals surface area (Å²) in [7, 11) is 0. The molecule has 6 heteroatoms. The van der Waals surface area contributed by atoms with Crippen molar-refractivity contribution in [1.29, 1.82) is 0 Å². The summed E-state index contributed by atoms with van der Waals surface area (Å²) in [5.74, 6) is 0.523. The van der Waals surface area contributed by atoms with Crippen LogP contribution in [0.3, 0.4) is 0 Å². The lowest BCUT2D eigenvalue weighted by Crippen LogP contribution is -2.28. The summed E-state index contributed by atoms with van der Waals surface area (Å²) in [5, 5.41) is 4.14. The van der Waals surface area contributed by atoms with E-state index in [0.29, 0.717) is 24.0 Å². The van der Waals surface area contributed by atoms with Crippen molar-refractivity contribution < 1.29 is 4.79 Å². The lowest BCUT2D eigenvalue weighted by Gasteiger charge is -2.22. The molecule has 4 aromatic rings. The van der Waals surface area contributed by atoms with Crippen LogP contribution in [0, 0.1) is 0 Å². The van der Waals surface area contributed by atoms with E-state index in [2.05, 4.69) is 51.1 Å². The number of benzene rings is 1. The highest BCUT2D eigenvalue weighted by molar-refractivity contribution is 5.99. The maximum absolute atomic E-state index is 12.7. The minimum absolute atomic E-state index is 0.0857. The zero-order valence-corrected chi connectivity index (χ0v) is 17.1. The summed E-state index contributed by atoms with van der Waals surface area (Å²) in [6.45, 7) is 4.52. The summed E-state index contributed by atoms with van der Waals surface area (Å²) in [6, 6.07) is 16.3. The van der Waals surface area contributed by atoms with Gasteiger partial charge in [0.2, 0.25) is 0 Å². The van der Waals surface area contributed by atoms with Crippen molar-refractivity contribution in [3.8, 4) is 11.1 Å². The first-order valence-electron chi connectivity index (χ1n) is 10.4. The highest BCUT2D eigenvalue weighted by Gasteiger charge is 2.26. The van der Waals surface area contributed by atoms with Gasteiger partial charge in [-0.3, -0.25) is 4.79 Å². The maximum Gasteiger partial charge on any atom is 0.255 e. The van der Waals surface area contributed by atoms with Crippen LogP contribution in [0.4, 0.5) is 5.82 Å². The van der Waals surface area contributed by atoms with Crippen molar-refractivity contribution in [2.24, 2.45) is 0 Å². The number of aromatic nitrogens is 3. The van der Waals surface area contributed by atoms with Gasteiger partial charge in [-0.2, -0.15) is 0 Å². The van der Waals surface area contributed by atoms with Crippen molar-refractivity contribution in [2.75, 3.05) is 4.90 Å². The number of fused-ring (bicyclic) bond motifs is 1. The number of amides is 1. The molecule has 3 heterocycles. The molecule has 1 aliphatic carbocycles. The van der Waals surface area contributed by atoms with Crippen molar-refractivity contribution in [2.45, 2.75) is 25.4 Å². The van der Waals surface area contributed by atoms with E-state index in [4.69, 9.17) is 0 Å². The third-order valence-electron chi connectivity index (χ3n) is 5.48. The van der Waals surface area contributed by atoms with Crippen molar-refractivity contribution >= 4 is 22.8 Å². The number of rotatable bonds is 7. The van der Waals surface area contributed by atoms with E-state index in [1.807, 2.05) is 29.3 Å². The molecule has 0 bridgehead atoms. The van der Waals surface area contributed by atoms with E-state index >= 15 is 0 Å². The average Bonchev–Trinajstić information content (AvgIpc) is 3.52. The quantitative estimate of drug-likeness (QED) is 0.465. The number of H-pyrrole nitrogens is 1. The van der Waals surface area contributed by atoms with Crippen molar-refractivity contribution in [1.82, 2.24) is 20.3 Å². The molecule has 1 fully saturated rings. The molecule has 2 N–H and O–H groups in total. The minimum Gasteiger partial charge on any atom is -0.349 e. The standard InChI is InChI=1S/C25H23N5O/c1-2-30(24-21(9-5-13-27-24)25(31)29-19-10-11-19)16-17-6-3-7-18(14-17)22-15-28-23-20(22)8-4-12-26-23/h2-9,12-15,19H,1,10-11,16H2,(H,26,28)(H,29,31). The monoisotopic (exact) mass is 409 g/mol. The fraction of sp³-hybridized carbons (Fsp3) is 0.160. The van der Waals surface area contributed by atoms with Gasteiger partial charge in [0.05, 0.1) is 5.56 Å². The number of anilines is 1. The Morgan fingerprint density at radius 3 is 2.84 bits per heavy atom. The van der Waals surface area contributed by atoms with Crippen LogP contribution in [-0.4, -0.2) is 26.9 Å². The minimum atomic E-state index is -0.0857. The average molecular weight is 409 g/mol. The molecule has 0 spiro atoms. The lowest BCUT2D eigenvalue weighted by atomic mass is 10.0. The zero-order chi connectivity index (χ0) is 21.2. The molecule has 154 valence electrons. The van der Waals surface area contributed by atoms with Gasteiger partial charge in [0, 0.05) is 42.1 Å². The van der Waals surface area contributed by atoms with Crippen LogP contribution in [-0.2, 0) is 6.54 Å². The number of aromatic amines is 1. The first-order valence-corrected chi connectivity index (χ1v) is 10.4. The Hall–Kier alpha value is -3.93. The summed E-state index contributed by atoms with van der Waals surface area (Å²) in [4.78, 5) is 26.7. The summed E-state index contributed by atoms with van der Waals surface area (Å²) in [5.41, 5.74) is 4.74. The van der Waals surface area contributed by atoms with Gasteiger partial charge < -0.3 is 15.2 Å². The number of nitrogens with one attached hydrogen (secondary N) is 2. The van der Waals surface area contributed by atoms with Crippen LogP contribution in [0.25, 0.3) is 22.2 Å². The largest absolute Gasteiger partial charge is 0.349 e. The number of nitrogens with zero attached hydrogens (tertiary/aromatic N) is 3. The molecule has 0 saturated heterocycles. The topological polar surface area (TPSA) is 73.9 Å². The smallest absolute Gasteiger partial charge is 0.255 e. The molecule has 1 saturated carbocycles. The second-order valence-corrected chi connectivity index (χ2v) is 7.74. The van der Waals surface area contributed by atoms with Crippen LogP contribution in [0.15, 0.2) is 79.9 Å². The van der Waals surface area contributed by atoms with Gasteiger partial charge in [-0.05, 0) is 60.5 Å². The van der Waals surface area contributed by atoms with Crippen LogP contribution < -0.4 is 10.2 Å². The van der Waals surface area contributed by atoms with E-state index in [9.17, 15) is 4.79 Å². The second-order valence-electron chi connectivity index (χ2n) is 7.74. The first kappa shape index (κ1) is 19.1. The molecule has 1 aromatic carbocycles. The fourth-order valence-electron chi connectivity index (χ4n) is 3.75. The summed E-state index contributed by atoms with van der Waals surface area (Å²) >= 11 is 0. The number of hydrogen-bond donors (Lipinski definition) is 2. The summed E-state index contributed by atoms with van der Waals surface area (Å²) in [6.07, 6.45) is 9.28. The predicted molar refractivity (Wildman–Crippen MR) is 123 cm³/mol. The van der Waals surface area contributed by atoms with E-state index in [1.165, 1.54) is 0 Å². The van der Waals surface area contributed by atoms with Gasteiger partial charge in [0.15, 0.2) is 0 Å². The van der Waals surface area contributed by atoms with Gasteiger partial charge in [-0.1, -0.05) is 24.8 Å². The molecule has 0 atom stereocenters. The number of pyridine rings is 2. The van der Waals surface area contributed by atoms with Gasteiger partial charge in [0.1, 0.15) is 11.5 Å². The highest BCUT2D eigenvalue weighted by Crippen LogP contribution is 2.29. The fourth-order valence-corrected chi connectivity index (χ4v) is 3.75. The van der Waals surface area contributed by atoms with Crippen LogP contribution in [0.1, 0.15) is 28.8 Å². The van der Waals surface area contributed by atoms with Crippen LogP contribution in [0.2, 0.25) is 0 Å². The molecule has 0 unspecified atom stereocenters. The molecule has 0 aliphatic heterocycles. The molecular formula is C25H23N5O. The van der Waals surface area contributed by atoms with Crippen molar-refractivity contribution in [3.63, 3.8) is 0 Å². The third-order valence-corrected chi connectivity index (χ3v) is 5.48. The molecular weight excluding hydrogens is 386 g/mol. The van der Waals surface area contributed by atoms with Crippen LogP contribution >= 0.6 is 0 Å². The Morgan fingerprint density at radius 2 is 2.00 bits per heavy atom. The molecule has 1 aliphatic rings. The van der Waals surface area contributed by atoms with Gasteiger partial charge in [-0.15, -0.1) is 0 Å². The van der Waals surface area contributed by atoms with E-state index in [0.717, 1.165) is 40.6 Å². The van der Waals surface area contributed by atoms with E-state index in [-0.39, 0.29) is 5.91 Å². The van der Waals surface area contributed by atoms with E-state index < -0.39 is 0 Å². The lowest BCUT2D eigenvalue weighted by molar-refractivity contribution is 0.0951. The first-order chi connectivity index (χ1) is 15.2. The number of carbonyl (C=O) groups excluding carboxylic acids is 1. The van der Waals surface area contributed by atoms with Gasteiger partial charge in [-0.25, -0.2) is 9.97 Å².